The van der Waals surface area contributed by atoms with Gasteiger partial charge in [0, 0.05) is 18.2 Å². The van der Waals surface area contributed by atoms with Crippen LogP contribution in [0.1, 0.15) is 39.6 Å². The second kappa shape index (κ2) is 6.19. The summed E-state index contributed by atoms with van der Waals surface area (Å²) < 4.78 is 13.8. The molecule has 0 saturated heterocycles. The minimum absolute atomic E-state index is 0.0640. The van der Waals surface area contributed by atoms with Crippen molar-refractivity contribution >= 4 is 17.5 Å². The van der Waals surface area contributed by atoms with E-state index in [9.17, 15) is 14.0 Å². The van der Waals surface area contributed by atoms with Crippen molar-refractivity contribution in [3.8, 4) is 0 Å². The Hall–Kier alpha value is -3.09. The normalized spacial score (nSPS) is 16.8. The molecule has 0 radical (unpaired) electrons. The Bertz CT molecular complexity index is 833. The molecule has 7 heteroatoms. The number of aromatic nitrogens is 1. The third-order valence-corrected chi connectivity index (χ3v) is 3.85. The van der Waals surface area contributed by atoms with E-state index in [4.69, 9.17) is 5.73 Å². The second-order valence-corrected chi connectivity index (χ2v) is 5.55. The Morgan fingerprint density at radius 2 is 1.96 bits per heavy atom. The molecular weight excluding hydrogens is 311 g/mol. The average molecular weight is 326 g/mol. The number of carbonyl (C=O) groups is 2. The minimum atomic E-state index is -0.677. The molecule has 0 bridgehead atoms. The zero-order valence-corrected chi connectivity index (χ0v) is 12.9. The lowest BCUT2D eigenvalue weighted by molar-refractivity contribution is 0.0720. The van der Waals surface area contributed by atoms with Gasteiger partial charge >= 0.3 is 0 Å². The van der Waals surface area contributed by atoms with Crippen LogP contribution in [0.2, 0.25) is 0 Å². The molecule has 1 atom stereocenters. The molecule has 6 nitrogen and oxygen atoms in total. The van der Waals surface area contributed by atoms with Crippen LogP contribution in [0.5, 0.6) is 0 Å². The molecule has 1 aliphatic heterocycles. The topological polar surface area (TPSA) is 88.7 Å². The van der Waals surface area contributed by atoms with E-state index in [1.165, 1.54) is 17.3 Å². The number of amides is 2. The molecule has 2 aromatic rings. The van der Waals surface area contributed by atoms with Gasteiger partial charge in [0.1, 0.15) is 0 Å². The molecular formula is C17H15FN4O2. The molecule has 1 aromatic heterocycles. The van der Waals surface area contributed by atoms with E-state index < -0.39 is 17.6 Å². The monoisotopic (exact) mass is 326 g/mol. The Balaban J connectivity index is 1.87. The minimum Gasteiger partial charge on any atom is -0.366 e. The van der Waals surface area contributed by atoms with E-state index in [0.717, 1.165) is 11.8 Å². The van der Waals surface area contributed by atoms with Crippen molar-refractivity contribution in [1.82, 2.24) is 9.99 Å². The van der Waals surface area contributed by atoms with Gasteiger partial charge < -0.3 is 5.73 Å². The van der Waals surface area contributed by atoms with Crippen LogP contribution in [-0.2, 0) is 0 Å². The van der Waals surface area contributed by atoms with Crippen LogP contribution in [0.25, 0.3) is 0 Å². The summed E-state index contributed by atoms with van der Waals surface area (Å²) in [5, 5.41) is 5.60. The highest BCUT2D eigenvalue weighted by Crippen LogP contribution is 2.23. The molecule has 0 aliphatic carbocycles. The summed E-state index contributed by atoms with van der Waals surface area (Å²) in [5.74, 6) is -1.69. The fourth-order valence-electron chi connectivity index (χ4n) is 2.56. The van der Waals surface area contributed by atoms with Crippen LogP contribution in [-0.4, -0.2) is 33.6 Å². The fourth-order valence-corrected chi connectivity index (χ4v) is 2.56. The largest absolute Gasteiger partial charge is 0.366 e. The van der Waals surface area contributed by atoms with E-state index in [0.29, 0.717) is 17.7 Å². The van der Waals surface area contributed by atoms with E-state index >= 15 is 0 Å². The molecule has 3 rings (SSSR count). The van der Waals surface area contributed by atoms with Crippen molar-refractivity contribution in [3.63, 3.8) is 0 Å². The lowest BCUT2D eigenvalue weighted by atomic mass is 10.0. The van der Waals surface area contributed by atoms with E-state index in [1.54, 1.807) is 24.3 Å². The van der Waals surface area contributed by atoms with E-state index in [2.05, 4.69) is 10.1 Å². The third kappa shape index (κ3) is 2.88. The maximum absolute atomic E-state index is 13.8. The standard InChI is InChI=1S/C17H15FN4O2/c1-10-8-15(11-2-4-12(5-3-11)16(19)23)21-22(10)17(24)13-6-7-20-9-14(13)18/h2-7,9-10H,8H2,1H3,(H2,19,23). The molecule has 122 valence electrons. The summed E-state index contributed by atoms with van der Waals surface area (Å²) in [6, 6.07) is 7.81. The Morgan fingerprint density at radius 1 is 1.25 bits per heavy atom. The van der Waals surface area contributed by atoms with Gasteiger partial charge in [-0.2, -0.15) is 5.10 Å². The number of pyridine rings is 1. The van der Waals surface area contributed by atoms with Crippen molar-refractivity contribution in [2.75, 3.05) is 0 Å². The average Bonchev–Trinajstić information content (AvgIpc) is 2.96. The highest BCUT2D eigenvalue weighted by molar-refractivity contribution is 6.05. The lowest BCUT2D eigenvalue weighted by Gasteiger charge is -2.17. The van der Waals surface area contributed by atoms with Crippen molar-refractivity contribution < 1.29 is 14.0 Å². The Labute approximate surface area is 137 Å². The number of hydrogen-bond acceptors (Lipinski definition) is 4. The number of benzene rings is 1. The number of halogens is 1. The predicted octanol–water partition coefficient (Wildman–Crippen LogP) is 1.96. The molecule has 24 heavy (non-hydrogen) atoms. The van der Waals surface area contributed by atoms with Crippen LogP contribution in [0.15, 0.2) is 47.8 Å². The quantitative estimate of drug-likeness (QED) is 0.935. The second-order valence-electron chi connectivity index (χ2n) is 5.55. The number of hydrazone groups is 1. The molecule has 1 aliphatic rings. The molecule has 0 spiro atoms. The number of nitrogens with zero attached hydrogens (tertiary/aromatic N) is 3. The van der Waals surface area contributed by atoms with Crippen LogP contribution < -0.4 is 5.73 Å². The summed E-state index contributed by atoms with van der Waals surface area (Å²) in [4.78, 5) is 27.2. The first kappa shape index (κ1) is 15.8. The number of rotatable bonds is 3. The maximum Gasteiger partial charge on any atom is 0.277 e. The lowest BCUT2D eigenvalue weighted by Crippen LogP contribution is -2.31. The van der Waals surface area contributed by atoms with Gasteiger partial charge in [0.15, 0.2) is 5.82 Å². The molecule has 1 unspecified atom stereocenters. The van der Waals surface area contributed by atoms with Gasteiger partial charge in [-0.05, 0) is 30.7 Å². The first-order chi connectivity index (χ1) is 11.5. The van der Waals surface area contributed by atoms with Gasteiger partial charge in [0.25, 0.3) is 5.91 Å². The van der Waals surface area contributed by atoms with Gasteiger partial charge in [0.05, 0.1) is 23.5 Å². The van der Waals surface area contributed by atoms with Gasteiger partial charge in [0.2, 0.25) is 5.91 Å². The molecule has 2 heterocycles. The van der Waals surface area contributed by atoms with E-state index in [-0.39, 0.29) is 11.6 Å². The summed E-state index contributed by atoms with van der Waals surface area (Å²) in [6.45, 7) is 1.84. The summed E-state index contributed by atoms with van der Waals surface area (Å²) in [5.41, 5.74) is 7.04. The Kier molecular flexibility index (Phi) is 4.07. The number of hydrogen-bond donors (Lipinski definition) is 1. The van der Waals surface area contributed by atoms with Gasteiger partial charge in [-0.1, -0.05) is 12.1 Å². The molecule has 1 aromatic carbocycles. The SMILES string of the molecule is CC1CC(c2ccc(C(N)=O)cc2)=NN1C(=O)c1ccncc1F. The number of nitrogens with two attached hydrogens (primary N) is 1. The Morgan fingerprint density at radius 3 is 2.58 bits per heavy atom. The fraction of sp³-hybridized carbons (Fsp3) is 0.176. The number of carbonyl (C=O) groups excluding carboxylic acids is 2. The van der Waals surface area contributed by atoms with Crippen molar-refractivity contribution in [2.24, 2.45) is 10.8 Å². The van der Waals surface area contributed by atoms with Crippen molar-refractivity contribution in [1.29, 1.82) is 0 Å². The van der Waals surface area contributed by atoms with E-state index in [1.807, 2.05) is 6.92 Å². The highest BCUT2D eigenvalue weighted by atomic mass is 19.1. The summed E-state index contributed by atoms with van der Waals surface area (Å²) >= 11 is 0. The molecule has 2 amide bonds. The van der Waals surface area contributed by atoms with Crippen LogP contribution in [0.4, 0.5) is 4.39 Å². The number of primary amides is 1. The smallest absolute Gasteiger partial charge is 0.277 e. The zero-order valence-electron chi connectivity index (χ0n) is 12.9. The van der Waals surface area contributed by atoms with Crippen LogP contribution >= 0.6 is 0 Å². The first-order valence-corrected chi connectivity index (χ1v) is 7.38. The van der Waals surface area contributed by atoms with Crippen LogP contribution in [0, 0.1) is 5.82 Å². The third-order valence-electron chi connectivity index (χ3n) is 3.85. The summed E-state index contributed by atoms with van der Waals surface area (Å²) in [6.07, 6.45) is 2.90. The highest BCUT2D eigenvalue weighted by Gasteiger charge is 2.30. The molecule has 0 saturated carbocycles. The first-order valence-electron chi connectivity index (χ1n) is 7.38. The van der Waals surface area contributed by atoms with Gasteiger partial charge in [-0.15, -0.1) is 0 Å². The van der Waals surface area contributed by atoms with Crippen molar-refractivity contribution in [3.05, 3.63) is 65.2 Å². The summed E-state index contributed by atoms with van der Waals surface area (Å²) in [7, 11) is 0. The van der Waals surface area contributed by atoms with Crippen molar-refractivity contribution in [2.45, 2.75) is 19.4 Å². The molecule has 0 fully saturated rings. The predicted molar refractivity (Wildman–Crippen MR) is 85.9 cm³/mol. The maximum atomic E-state index is 13.8. The zero-order chi connectivity index (χ0) is 17.3. The van der Waals surface area contributed by atoms with Gasteiger partial charge in [-0.25, -0.2) is 9.40 Å². The molecule has 2 N–H and O–H groups in total. The van der Waals surface area contributed by atoms with Gasteiger partial charge in [-0.3, -0.25) is 14.6 Å². The van der Waals surface area contributed by atoms with Crippen LogP contribution in [0.3, 0.4) is 0 Å².